The molecule has 0 spiro atoms. The number of nitrogens with zero attached hydrogens (tertiary/aromatic N) is 1. The summed E-state index contributed by atoms with van der Waals surface area (Å²) in [6.07, 6.45) is 0. The lowest BCUT2D eigenvalue weighted by molar-refractivity contribution is -0.132. The van der Waals surface area contributed by atoms with Crippen LogP contribution in [0.2, 0.25) is 0 Å². The zero-order chi connectivity index (χ0) is 14.5. The third-order valence-corrected chi connectivity index (χ3v) is 3.75. The van der Waals surface area contributed by atoms with Gasteiger partial charge in [0.25, 0.3) is 5.91 Å². The minimum Gasteiger partial charge on any atom is -0.484 e. The molecular weight excluding hydrogens is 318 g/mol. The van der Waals surface area contributed by atoms with E-state index in [0.717, 1.165) is 21.0 Å². The molecule has 0 aliphatic carbocycles. The van der Waals surface area contributed by atoms with Gasteiger partial charge in [0.15, 0.2) is 6.61 Å². The molecule has 4 heteroatoms. The third kappa shape index (κ3) is 3.51. The van der Waals surface area contributed by atoms with E-state index in [-0.39, 0.29) is 12.5 Å². The standard InChI is InChI=1S/C16H18BrNO2/c1-3-18(4-2)16(19)11-20-15-8-6-12-5-7-14(17)9-13(12)10-15/h5-10H,3-4,11H2,1-2H3. The van der Waals surface area contributed by atoms with Crippen LogP contribution in [0.5, 0.6) is 5.75 Å². The van der Waals surface area contributed by atoms with Gasteiger partial charge in [-0.1, -0.05) is 28.1 Å². The first kappa shape index (κ1) is 14.9. The van der Waals surface area contributed by atoms with E-state index in [9.17, 15) is 4.79 Å². The summed E-state index contributed by atoms with van der Waals surface area (Å²) in [5, 5.41) is 2.24. The van der Waals surface area contributed by atoms with Crippen molar-refractivity contribution in [2.45, 2.75) is 13.8 Å². The molecule has 2 aromatic rings. The Balaban J connectivity index is 2.08. The molecule has 0 atom stereocenters. The average molecular weight is 336 g/mol. The Morgan fingerprint density at radius 2 is 1.80 bits per heavy atom. The topological polar surface area (TPSA) is 29.5 Å². The first-order valence-electron chi connectivity index (χ1n) is 6.74. The van der Waals surface area contributed by atoms with Crippen LogP contribution in [0.1, 0.15) is 13.8 Å². The van der Waals surface area contributed by atoms with E-state index in [2.05, 4.69) is 15.9 Å². The van der Waals surface area contributed by atoms with E-state index in [1.54, 1.807) is 4.90 Å². The molecule has 2 rings (SSSR count). The van der Waals surface area contributed by atoms with E-state index < -0.39 is 0 Å². The summed E-state index contributed by atoms with van der Waals surface area (Å²) in [5.41, 5.74) is 0. The van der Waals surface area contributed by atoms with Crippen molar-refractivity contribution in [1.82, 2.24) is 4.90 Å². The van der Waals surface area contributed by atoms with Crippen molar-refractivity contribution in [1.29, 1.82) is 0 Å². The van der Waals surface area contributed by atoms with Crippen molar-refractivity contribution in [3.05, 3.63) is 40.9 Å². The van der Waals surface area contributed by atoms with Crippen molar-refractivity contribution >= 4 is 32.6 Å². The first-order valence-corrected chi connectivity index (χ1v) is 7.53. The van der Waals surface area contributed by atoms with Gasteiger partial charge >= 0.3 is 0 Å². The summed E-state index contributed by atoms with van der Waals surface area (Å²) in [4.78, 5) is 13.7. The van der Waals surface area contributed by atoms with Gasteiger partial charge in [-0.05, 0) is 48.9 Å². The van der Waals surface area contributed by atoms with Gasteiger partial charge in [-0.15, -0.1) is 0 Å². The number of likely N-dealkylation sites (N-methyl/N-ethyl adjacent to an activating group) is 1. The van der Waals surface area contributed by atoms with Crippen LogP contribution < -0.4 is 4.74 Å². The number of rotatable bonds is 5. The normalized spacial score (nSPS) is 10.6. The average Bonchev–Trinajstić information content (AvgIpc) is 2.46. The highest BCUT2D eigenvalue weighted by molar-refractivity contribution is 9.10. The minimum atomic E-state index is 0.0179. The second kappa shape index (κ2) is 6.75. The van der Waals surface area contributed by atoms with E-state index >= 15 is 0 Å². The summed E-state index contributed by atoms with van der Waals surface area (Å²) >= 11 is 3.46. The summed E-state index contributed by atoms with van der Waals surface area (Å²) in [5.74, 6) is 0.737. The smallest absolute Gasteiger partial charge is 0.260 e. The zero-order valence-electron chi connectivity index (χ0n) is 11.7. The number of halogens is 1. The van der Waals surface area contributed by atoms with Gasteiger partial charge in [0.1, 0.15) is 5.75 Å². The number of carbonyl (C=O) groups excluding carboxylic acids is 1. The van der Waals surface area contributed by atoms with Crippen molar-refractivity contribution in [2.24, 2.45) is 0 Å². The number of benzene rings is 2. The lowest BCUT2D eigenvalue weighted by atomic mass is 10.1. The summed E-state index contributed by atoms with van der Waals surface area (Å²) in [7, 11) is 0. The number of hydrogen-bond acceptors (Lipinski definition) is 2. The lowest BCUT2D eigenvalue weighted by Gasteiger charge is -2.18. The van der Waals surface area contributed by atoms with Crippen LogP contribution in [0, 0.1) is 0 Å². The molecule has 0 saturated carbocycles. The molecule has 0 radical (unpaired) electrons. The number of carbonyl (C=O) groups is 1. The Bertz CT molecular complexity index is 608. The van der Waals surface area contributed by atoms with Crippen molar-refractivity contribution < 1.29 is 9.53 Å². The molecule has 0 saturated heterocycles. The van der Waals surface area contributed by atoms with Gasteiger partial charge in [-0.25, -0.2) is 0 Å². The molecule has 2 aromatic carbocycles. The van der Waals surface area contributed by atoms with Gasteiger partial charge in [0, 0.05) is 17.6 Å². The predicted octanol–water partition coefficient (Wildman–Crippen LogP) is 3.85. The molecule has 0 unspecified atom stereocenters. The molecule has 0 aliphatic rings. The highest BCUT2D eigenvalue weighted by atomic mass is 79.9. The predicted molar refractivity (Wildman–Crippen MR) is 85.1 cm³/mol. The second-order valence-corrected chi connectivity index (χ2v) is 5.42. The van der Waals surface area contributed by atoms with Gasteiger partial charge in [-0.2, -0.15) is 0 Å². The molecule has 20 heavy (non-hydrogen) atoms. The molecule has 0 heterocycles. The van der Waals surface area contributed by atoms with Crippen molar-refractivity contribution in [3.8, 4) is 5.75 Å². The highest BCUT2D eigenvalue weighted by Gasteiger charge is 2.10. The fraction of sp³-hybridized carbons (Fsp3) is 0.312. The minimum absolute atomic E-state index is 0.0179. The molecule has 0 aliphatic heterocycles. The number of hydrogen-bond donors (Lipinski definition) is 0. The molecule has 0 fully saturated rings. The van der Waals surface area contributed by atoms with Gasteiger partial charge in [0.05, 0.1) is 0 Å². The van der Waals surface area contributed by atoms with Crippen LogP contribution in [-0.4, -0.2) is 30.5 Å². The van der Waals surface area contributed by atoms with Crippen LogP contribution in [0.25, 0.3) is 10.8 Å². The maximum atomic E-state index is 11.9. The van der Waals surface area contributed by atoms with Crippen molar-refractivity contribution in [2.75, 3.05) is 19.7 Å². The van der Waals surface area contributed by atoms with Crippen molar-refractivity contribution in [3.63, 3.8) is 0 Å². The van der Waals surface area contributed by atoms with Crippen LogP contribution in [-0.2, 0) is 4.79 Å². The number of fused-ring (bicyclic) bond motifs is 1. The Morgan fingerprint density at radius 1 is 1.10 bits per heavy atom. The monoisotopic (exact) mass is 335 g/mol. The lowest BCUT2D eigenvalue weighted by Crippen LogP contribution is -2.34. The largest absolute Gasteiger partial charge is 0.484 e. The summed E-state index contributed by atoms with van der Waals surface area (Å²) in [6.45, 7) is 5.44. The maximum Gasteiger partial charge on any atom is 0.260 e. The Hall–Kier alpha value is -1.55. The molecule has 0 N–H and O–H groups in total. The van der Waals surface area contributed by atoms with Crippen LogP contribution in [0.3, 0.4) is 0 Å². The first-order chi connectivity index (χ1) is 9.63. The van der Waals surface area contributed by atoms with Gasteiger partial charge in [-0.3, -0.25) is 4.79 Å². The Morgan fingerprint density at radius 3 is 2.50 bits per heavy atom. The van der Waals surface area contributed by atoms with E-state index in [1.165, 1.54) is 0 Å². The quantitative estimate of drug-likeness (QED) is 0.830. The molecular formula is C16H18BrNO2. The molecule has 0 aromatic heterocycles. The molecule has 106 valence electrons. The molecule has 1 amide bonds. The number of amides is 1. The van der Waals surface area contributed by atoms with Crippen LogP contribution in [0.4, 0.5) is 0 Å². The molecule has 3 nitrogen and oxygen atoms in total. The third-order valence-electron chi connectivity index (χ3n) is 3.25. The SMILES string of the molecule is CCN(CC)C(=O)COc1ccc2ccc(Br)cc2c1. The van der Waals surface area contributed by atoms with E-state index in [4.69, 9.17) is 4.74 Å². The summed E-state index contributed by atoms with van der Waals surface area (Å²) < 4.78 is 6.62. The van der Waals surface area contributed by atoms with Gasteiger partial charge < -0.3 is 9.64 Å². The highest BCUT2D eigenvalue weighted by Crippen LogP contribution is 2.24. The second-order valence-electron chi connectivity index (χ2n) is 4.51. The zero-order valence-corrected chi connectivity index (χ0v) is 13.3. The Kier molecular flexibility index (Phi) is 5.01. The van der Waals surface area contributed by atoms with Gasteiger partial charge in [0.2, 0.25) is 0 Å². The Labute approximate surface area is 127 Å². The number of ether oxygens (including phenoxy) is 1. The molecule has 0 bridgehead atoms. The maximum absolute atomic E-state index is 11.9. The van der Waals surface area contributed by atoms with E-state index in [0.29, 0.717) is 13.1 Å². The fourth-order valence-electron chi connectivity index (χ4n) is 2.10. The fourth-order valence-corrected chi connectivity index (χ4v) is 2.48. The van der Waals surface area contributed by atoms with Crippen LogP contribution >= 0.6 is 15.9 Å². The summed E-state index contributed by atoms with van der Waals surface area (Å²) in [6, 6.07) is 11.9. The van der Waals surface area contributed by atoms with E-state index in [1.807, 2.05) is 50.2 Å². The van der Waals surface area contributed by atoms with Crippen LogP contribution in [0.15, 0.2) is 40.9 Å².